The van der Waals surface area contributed by atoms with E-state index in [0.717, 1.165) is 115 Å². The average molecular weight is 897 g/mol. The summed E-state index contributed by atoms with van der Waals surface area (Å²) in [5.74, 6) is -0.484. The molecule has 0 amide bonds. The van der Waals surface area contributed by atoms with Crippen molar-refractivity contribution in [2.75, 3.05) is 6.61 Å². The highest BCUT2D eigenvalue weighted by molar-refractivity contribution is 6.27. The summed E-state index contributed by atoms with van der Waals surface area (Å²) in [5, 5.41) is 12.0. The minimum Gasteiger partial charge on any atom is -0.463 e. The van der Waals surface area contributed by atoms with Crippen LogP contribution in [0.1, 0.15) is 47.9 Å². The summed E-state index contributed by atoms with van der Waals surface area (Å²) in [5.41, 5.74) is 9.03. The molecule has 1 aliphatic rings. The van der Waals surface area contributed by atoms with Gasteiger partial charge in [0, 0.05) is 24.3 Å². The third-order valence-corrected chi connectivity index (χ3v) is 14.1. The number of allylic oxidation sites excluding steroid dienone is 1. The second-order valence-corrected chi connectivity index (χ2v) is 18.0. The standard InChI is InChI=1S/C59H42F6O2/c1-3-52(66)67-27-5-24-57(4-2)50-32-38(44-16-10-36-6-8-40-28-34(22-25-58(60,61)62)30-42-14-20-48(44)55(36)53(40)42)12-18-46(50)47-19-13-39(33-51(47)57)45-17-11-37-7-9-41-29-35(23-26-59(63,64)65)31-43-15-21-49(45)56(37)54(41)43/h3-4,6-21,28-33H,1-2,5,22-27H2. The molecule has 10 aromatic carbocycles. The largest absolute Gasteiger partial charge is 0.463 e. The Morgan fingerprint density at radius 3 is 1.33 bits per heavy atom. The summed E-state index contributed by atoms with van der Waals surface area (Å²) < 4.78 is 84.7. The number of halogens is 6. The second-order valence-electron chi connectivity index (χ2n) is 18.0. The van der Waals surface area contributed by atoms with Crippen LogP contribution >= 0.6 is 0 Å². The molecule has 8 heteroatoms. The van der Waals surface area contributed by atoms with Crippen molar-refractivity contribution in [2.24, 2.45) is 0 Å². The Balaban J connectivity index is 1.02. The van der Waals surface area contributed by atoms with E-state index in [-0.39, 0.29) is 19.4 Å². The Labute approximate surface area is 382 Å². The van der Waals surface area contributed by atoms with Gasteiger partial charge in [-0.25, -0.2) is 4.79 Å². The van der Waals surface area contributed by atoms with E-state index in [0.29, 0.717) is 24.0 Å². The molecule has 0 aliphatic heterocycles. The number of benzene rings is 10. The van der Waals surface area contributed by atoms with Gasteiger partial charge in [-0.05, 0) is 158 Å². The van der Waals surface area contributed by atoms with Gasteiger partial charge in [0.25, 0.3) is 0 Å². The van der Waals surface area contributed by atoms with E-state index < -0.39 is 36.6 Å². The molecule has 0 aromatic heterocycles. The number of carbonyl (C=O) groups excluding carboxylic acids is 1. The summed E-state index contributed by atoms with van der Waals surface area (Å²) in [6.45, 7) is 8.23. The number of fused-ring (bicyclic) bond motifs is 3. The molecule has 0 radical (unpaired) electrons. The molecular formula is C59H42F6O2. The molecule has 2 nitrogen and oxygen atoms in total. The van der Waals surface area contributed by atoms with E-state index in [1.54, 1.807) is 0 Å². The molecule has 10 aromatic rings. The van der Waals surface area contributed by atoms with E-state index >= 15 is 0 Å². The maximum Gasteiger partial charge on any atom is 0.389 e. The molecule has 0 saturated carbocycles. The van der Waals surface area contributed by atoms with Crippen LogP contribution in [-0.4, -0.2) is 24.9 Å². The van der Waals surface area contributed by atoms with Crippen molar-refractivity contribution in [3.05, 3.63) is 181 Å². The van der Waals surface area contributed by atoms with Gasteiger partial charge in [-0.3, -0.25) is 0 Å². The summed E-state index contributed by atoms with van der Waals surface area (Å²) >= 11 is 0. The quantitative estimate of drug-likeness (QED) is 0.0305. The first-order valence-electron chi connectivity index (χ1n) is 22.5. The normalized spacial score (nSPS) is 13.6. The third-order valence-electron chi connectivity index (χ3n) is 14.1. The van der Waals surface area contributed by atoms with E-state index in [1.165, 1.54) is 0 Å². The Morgan fingerprint density at radius 1 is 0.507 bits per heavy atom. The highest BCUT2D eigenvalue weighted by Gasteiger charge is 2.41. The molecule has 67 heavy (non-hydrogen) atoms. The molecule has 0 N–H and O–H groups in total. The molecule has 0 heterocycles. The van der Waals surface area contributed by atoms with Crippen LogP contribution in [0.25, 0.3) is 98.0 Å². The number of esters is 1. The van der Waals surface area contributed by atoms with E-state index in [9.17, 15) is 31.1 Å². The fraction of sp³-hybridized carbons (Fsp3) is 0.169. The average Bonchev–Trinajstić information content (AvgIpc) is 3.59. The van der Waals surface area contributed by atoms with Crippen LogP contribution in [0.3, 0.4) is 0 Å². The second kappa shape index (κ2) is 15.7. The molecule has 11 rings (SSSR count). The van der Waals surface area contributed by atoms with Gasteiger partial charge in [0.2, 0.25) is 0 Å². The summed E-state index contributed by atoms with van der Waals surface area (Å²) in [7, 11) is 0. The number of alkyl halides is 6. The van der Waals surface area contributed by atoms with Crippen LogP contribution in [0.15, 0.2) is 159 Å². The summed E-state index contributed by atoms with van der Waals surface area (Å²) in [6.07, 6.45) is -6.05. The Kier molecular flexibility index (Phi) is 9.96. The van der Waals surface area contributed by atoms with Crippen LogP contribution < -0.4 is 0 Å². The van der Waals surface area contributed by atoms with Crippen LogP contribution in [0.4, 0.5) is 26.3 Å². The van der Waals surface area contributed by atoms with Crippen LogP contribution in [0, 0.1) is 0 Å². The number of rotatable bonds is 12. The van der Waals surface area contributed by atoms with Gasteiger partial charge in [-0.15, -0.1) is 6.58 Å². The SMILES string of the molecule is C=CC(=O)OCCCC1(C=C)c2cc(-c3ccc4ccc5cc(CCC(F)(F)F)cc6ccc3c4c56)ccc2-c2ccc(-c3ccc4ccc5cc(CCC(F)(F)F)cc6ccc3c4c56)cc21. The molecule has 0 saturated heterocycles. The van der Waals surface area contributed by atoms with Gasteiger partial charge in [0.1, 0.15) is 0 Å². The molecule has 0 spiro atoms. The zero-order valence-corrected chi connectivity index (χ0v) is 36.3. The predicted octanol–water partition coefficient (Wildman–Crippen LogP) is 16.8. The highest BCUT2D eigenvalue weighted by atomic mass is 19.4. The van der Waals surface area contributed by atoms with E-state index in [4.69, 9.17) is 4.74 Å². The molecule has 0 bridgehead atoms. The Bertz CT molecular complexity index is 3380. The van der Waals surface area contributed by atoms with Crippen molar-refractivity contribution < 1.29 is 35.9 Å². The lowest BCUT2D eigenvalue weighted by molar-refractivity contribution is -0.138. The van der Waals surface area contributed by atoms with Crippen molar-refractivity contribution in [2.45, 2.75) is 56.3 Å². The van der Waals surface area contributed by atoms with E-state index in [2.05, 4.69) is 86.0 Å². The maximum atomic E-state index is 13.2. The van der Waals surface area contributed by atoms with E-state index in [1.807, 2.05) is 66.7 Å². The molecule has 1 aliphatic carbocycles. The first-order chi connectivity index (χ1) is 32.2. The maximum absolute atomic E-state index is 13.2. The lowest BCUT2D eigenvalue weighted by Gasteiger charge is -2.29. The monoisotopic (exact) mass is 896 g/mol. The van der Waals surface area contributed by atoms with Gasteiger partial charge in [-0.2, -0.15) is 26.3 Å². The fourth-order valence-corrected chi connectivity index (χ4v) is 11.1. The predicted molar refractivity (Wildman–Crippen MR) is 260 cm³/mol. The highest BCUT2D eigenvalue weighted by Crippen LogP contribution is 2.55. The molecule has 0 fully saturated rings. The number of carbonyl (C=O) groups is 1. The zero-order chi connectivity index (χ0) is 46.4. The topological polar surface area (TPSA) is 26.3 Å². The van der Waals surface area contributed by atoms with Crippen molar-refractivity contribution in [3.63, 3.8) is 0 Å². The molecule has 0 unspecified atom stereocenters. The van der Waals surface area contributed by atoms with Gasteiger partial charge in [0.05, 0.1) is 6.61 Å². The van der Waals surface area contributed by atoms with Crippen molar-refractivity contribution >= 4 is 70.6 Å². The Hall–Kier alpha value is -7.19. The van der Waals surface area contributed by atoms with Crippen LogP contribution in [-0.2, 0) is 27.8 Å². The van der Waals surface area contributed by atoms with Gasteiger partial charge >= 0.3 is 18.3 Å². The first kappa shape index (κ1) is 42.4. The fourth-order valence-electron chi connectivity index (χ4n) is 11.1. The Morgan fingerprint density at radius 2 is 0.910 bits per heavy atom. The minimum absolute atomic E-state index is 0.0789. The number of aryl methyl sites for hydroxylation is 2. The first-order valence-corrected chi connectivity index (χ1v) is 22.5. The zero-order valence-electron chi connectivity index (χ0n) is 36.3. The van der Waals surface area contributed by atoms with Crippen molar-refractivity contribution in [3.8, 4) is 33.4 Å². The van der Waals surface area contributed by atoms with Crippen molar-refractivity contribution in [1.29, 1.82) is 0 Å². The minimum atomic E-state index is -4.23. The third kappa shape index (κ3) is 7.25. The van der Waals surface area contributed by atoms with Gasteiger partial charge in [0.15, 0.2) is 0 Å². The summed E-state index contributed by atoms with van der Waals surface area (Å²) in [6, 6.07) is 45.5. The molecule has 332 valence electrons. The molecular weight excluding hydrogens is 855 g/mol. The summed E-state index contributed by atoms with van der Waals surface area (Å²) in [4.78, 5) is 12.1. The lowest BCUT2D eigenvalue weighted by atomic mass is 9.73. The number of hydrogen-bond donors (Lipinski definition) is 0. The number of hydrogen-bond acceptors (Lipinski definition) is 2. The van der Waals surface area contributed by atoms with Crippen LogP contribution in [0.5, 0.6) is 0 Å². The number of ether oxygens (including phenoxy) is 1. The van der Waals surface area contributed by atoms with Gasteiger partial charge in [-0.1, -0.05) is 134 Å². The molecule has 0 atom stereocenters. The lowest BCUT2D eigenvalue weighted by Crippen LogP contribution is -2.23. The van der Waals surface area contributed by atoms with Crippen molar-refractivity contribution in [1.82, 2.24) is 0 Å². The van der Waals surface area contributed by atoms with Gasteiger partial charge < -0.3 is 4.74 Å². The smallest absolute Gasteiger partial charge is 0.389 e. The van der Waals surface area contributed by atoms with Crippen LogP contribution in [0.2, 0.25) is 0 Å².